The smallest absolute Gasteiger partial charge is 0.317 e. The quantitative estimate of drug-likeness (QED) is 0.0873. The molecule has 0 spiro atoms. The van der Waals surface area contributed by atoms with E-state index in [4.69, 9.17) is 23.1 Å². The Morgan fingerprint density at radius 1 is 0.851 bits per heavy atom. The molecule has 14 nitrogen and oxygen atoms in total. The van der Waals surface area contributed by atoms with Crippen LogP contribution in [0.5, 0.6) is 0 Å². The summed E-state index contributed by atoms with van der Waals surface area (Å²) in [6.45, 7) is 0. The number of amides is 4. The number of carbonyl (C=O) groups excluding carboxylic acids is 4. The number of hydrogen-bond donors (Lipinski definition) is 8. The van der Waals surface area contributed by atoms with Gasteiger partial charge in [-0.2, -0.15) is 11.8 Å². The second-order valence-corrected chi connectivity index (χ2v) is 12.3. The number of carbonyl (C=O) groups is 6. The summed E-state index contributed by atoms with van der Waals surface area (Å²) in [6.07, 6.45) is 3.04. The third-order valence-corrected chi connectivity index (χ3v) is 8.30. The molecule has 0 bridgehead atoms. The van der Waals surface area contributed by atoms with Crippen LogP contribution in [-0.2, 0) is 41.6 Å². The van der Waals surface area contributed by atoms with E-state index in [0.717, 1.165) is 16.5 Å². The molecular formula is C31H37ClN6O8S. The molecular weight excluding hydrogens is 652 g/mol. The molecule has 0 saturated carbocycles. The SMILES string of the molecule is CSCC[C@H](NC(=O)[C@H](N)Cc1c[nH]c2ccccc12)C(=O)N[C@H](Cc1ccc(Cl)cc1)C(=O)N[C@@H](CC(C(=O)O)C(=O)O)C(N)=O. The number of thioether (sulfide) groups is 1. The Morgan fingerprint density at radius 3 is 2.06 bits per heavy atom. The molecule has 3 aromatic rings. The van der Waals surface area contributed by atoms with Gasteiger partial charge in [-0.15, -0.1) is 0 Å². The number of primary amides is 1. The zero-order chi connectivity index (χ0) is 34.7. The number of benzene rings is 2. The van der Waals surface area contributed by atoms with E-state index in [2.05, 4.69) is 20.9 Å². The van der Waals surface area contributed by atoms with Gasteiger partial charge in [-0.25, -0.2) is 0 Å². The summed E-state index contributed by atoms with van der Waals surface area (Å²) in [4.78, 5) is 78.3. The summed E-state index contributed by atoms with van der Waals surface area (Å²) in [5.74, 6) is -8.41. The number of aromatic nitrogens is 1. The second kappa shape index (κ2) is 17.4. The Bertz CT molecular complexity index is 1590. The molecule has 252 valence electrons. The number of carboxylic acids is 2. The predicted molar refractivity (Wildman–Crippen MR) is 176 cm³/mol. The van der Waals surface area contributed by atoms with Gasteiger partial charge in [0, 0.05) is 35.0 Å². The van der Waals surface area contributed by atoms with Crippen molar-refractivity contribution in [1.82, 2.24) is 20.9 Å². The normalized spacial score (nSPS) is 13.7. The Hall–Kier alpha value is -4.60. The molecule has 0 aliphatic heterocycles. The fraction of sp³-hybridized carbons (Fsp3) is 0.355. The van der Waals surface area contributed by atoms with E-state index in [-0.39, 0.29) is 19.3 Å². The van der Waals surface area contributed by atoms with Crippen molar-refractivity contribution in [3.63, 3.8) is 0 Å². The summed E-state index contributed by atoms with van der Waals surface area (Å²) in [7, 11) is 0. The summed E-state index contributed by atoms with van der Waals surface area (Å²) >= 11 is 7.42. The van der Waals surface area contributed by atoms with Crippen molar-refractivity contribution in [3.05, 3.63) is 70.9 Å². The van der Waals surface area contributed by atoms with Crippen LogP contribution in [0, 0.1) is 5.92 Å². The molecule has 3 rings (SSSR count). The van der Waals surface area contributed by atoms with Crippen LogP contribution < -0.4 is 27.4 Å². The van der Waals surface area contributed by atoms with Crippen LogP contribution in [0.2, 0.25) is 5.02 Å². The zero-order valence-electron chi connectivity index (χ0n) is 25.4. The minimum absolute atomic E-state index is 0.106. The second-order valence-electron chi connectivity index (χ2n) is 10.8. The molecule has 0 aliphatic rings. The van der Waals surface area contributed by atoms with Crippen LogP contribution in [0.1, 0.15) is 24.0 Å². The number of halogens is 1. The molecule has 0 unspecified atom stereocenters. The standard InChI is InChI=1S/C31H37ClN6O8S/c1-47-11-10-23(36-27(40)21(33)13-17-15-35-22-5-3-2-4-19(17)22)28(41)38-25(12-16-6-8-18(32)9-7-16)29(42)37-24(26(34)39)14-20(30(43)44)31(45)46/h2-9,15,20-21,23-25,35H,10-14,33H2,1H3,(H2,34,39)(H,36,40)(H,37,42)(H,38,41)(H,43,44)(H,45,46)/t21-,23+,24+,25-/m1/s1. The third-order valence-electron chi connectivity index (χ3n) is 7.41. The third kappa shape index (κ3) is 10.7. The minimum Gasteiger partial charge on any atom is -0.481 e. The maximum absolute atomic E-state index is 13.6. The molecule has 1 aromatic heterocycles. The van der Waals surface area contributed by atoms with Gasteiger partial charge in [0.1, 0.15) is 18.1 Å². The van der Waals surface area contributed by atoms with Crippen molar-refractivity contribution in [2.75, 3.05) is 12.0 Å². The first-order chi connectivity index (χ1) is 22.3. The monoisotopic (exact) mass is 688 g/mol. The van der Waals surface area contributed by atoms with Gasteiger partial charge in [0.2, 0.25) is 23.6 Å². The van der Waals surface area contributed by atoms with E-state index in [9.17, 15) is 39.0 Å². The number of rotatable bonds is 18. The molecule has 1 heterocycles. The highest BCUT2D eigenvalue weighted by molar-refractivity contribution is 7.98. The summed E-state index contributed by atoms with van der Waals surface area (Å²) in [5, 5.41) is 27.4. The number of H-pyrrole nitrogens is 1. The largest absolute Gasteiger partial charge is 0.481 e. The summed E-state index contributed by atoms with van der Waals surface area (Å²) < 4.78 is 0. The molecule has 0 aliphatic carbocycles. The highest BCUT2D eigenvalue weighted by atomic mass is 35.5. The lowest BCUT2D eigenvalue weighted by molar-refractivity contribution is -0.155. The molecule has 47 heavy (non-hydrogen) atoms. The van der Waals surface area contributed by atoms with E-state index in [1.807, 2.05) is 30.5 Å². The van der Waals surface area contributed by atoms with E-state index in [1.54, 1.807) is 30.5 Å². The Balaban J connectivity index is 1.80. The fourth-order valence-electron chi connectivity index (χ4n) is 4.81. The van der Waals surface area contributed by atoms with Crippen molar-refractivity contribution in [2.45, 2.75) is 49.9 Å². The van der Waals surface area contributed by atoms with Gasteiger partial charge < -0.3 is 42.6 Å². The van der Waals surface area contributed by atoms with Crippen LogP contribution in [0.3, 0.4) is 0 Å². The highest BCUT2D eigenvalue weighted by Gasteiger charge is 2.35. The van der Waals surface area contributed by atoms with Crippen molar-refractivity contribution < 1.29 is 39.0 Å². The molecule has 4 atom stereocenters. The number of nitrogens with two attached hydrogens (primary N) is 2. The van der Waals surface area contributed by atoms with Crippen molar-refractivity contribution in [3.8, 4) is 0 Å². The Labute approximate surface area is 279 Å². The Kier molecular flexibility index (Phi) is 13.6. The molecule has 4 amide bonds. The fourth-order valence-corrected chi connectivity index (χ4v) is 5.41. The molecule has 0 saturated heterocycles. The van der Waals surface area contributed by atoms with E-state index in [1.165, 1.54) is 11.8 Å². The van der Waals surface area contributed by atoms with Crippen LogP contribution in [0.25, 0.3) is 10.9 Å². The number of carboxylic acid groups (broad SMARTS) is 2. The van der Waals surface area contributed by atoms with Crippen molar-refractivity contribution in [2.24, 2.45) is 17.4 Å². The van der Waals surface area contributed by atoms with Crippen LogP contribution in [0.15, 0.2) is 54.7 Å². The number of aliphatic carboxylic acids is 2. The van der Waals surface area contributed by atoms with Crippen LogP contribution >= 0.6 is 23.4 Å². The van der Waals surface area contributed by atoms with E-state index < -0.39 is 72.1 Å². The molecule has 16 heteroatoms. The van der Waals surface area contributed by atoms with Crippen molar-refractivity contribution >= 4 is 69.8 Å². The predicted octanol–water partition coefficient (Wildman–Crippen LogP) is 0.802. The van der Waals surface area contributed by atoms with Gasteiger partial charge in [-0.1, -0.05) is 41.9 Å². The maximum atomic E-state index is 13.6. The number of hydrogen-bond acceptors (Lipinski definition) is 8. The first-order valence-corrected chi connectivity index (χ1v) is 16.3. The van der Waals surface area contributed by atoms with Gasteiger partial charge in [-0.05, 0) is 54.2 Å². The lowest BCUT2D eigenvalue weighted by Gasteiger charge is -2.26. The molecule has 2 aromatic carbocycles. The van der Waals surface area contributed by atoms with Crippen LogP contribution in [0.4, 0.5) is 0 Å². The molecule has 0 radical (unpaired) electrons. The van der Waals surface area contributed by atoms with Crippen molar-refractivity contribution in [1.29, 1.82) is 0 Å². The number of nitrogens with one attached hydrogen (secondary N) is 4. The lowest BCUT2D eigenvalue weighted by Crippen LogP contribution is -2.58. The number of aromatic amines is 1. The lowest BCUT2D eigenvalue weighted by atomic mass is 9.98. The highest BCUT2D eigenvalue weighted by Crippen LogP contribution is 2.19. The van der Waals surface area contributed by atoms with E-state index >= 15 is 0 Å². The zero-order valence-corrected chi connectivity index (χ0v) is 27.0. The molecule has 0 fully saturated rings. The molecule has 10 N–H and O–H groups in total. The van der Waals surface area contributed by atoms with Gasteiger partial charge >= 0.3 is 11.9 Å². The van der Waals surface area contributed by atoms with Gasteiger partial charge in [0.25, 0.3) is 0 Å². The summed E-state index contributed by atoms with van der Waals surface area (Å²) in [6, 6.07) is 8.77. The topological polar surface area (TPSA) is 247 Å². The average molecular weight is 689 g/mol. The minimum atomic E-state index is -2.03. The maximum Gasteiger partial charge on any atom is 0.317 e. The van der Waals surface area contributed by atoms with Gasteiger partial charge in [0.05, 0.1) is 6.04 Å². The Morgan fingerprint density at radius 2 is 1.45 bits per heavy atom. The van der Waals surface area contributed by atoms with Gasteiger partial charge in [0.15, 0.2) is 5.92 Å². The first-order valence-electron chi connectivity index (χ1n) is 14.5. The summed E-state index contributed by atoms with van der Waals surface area (Å²) in [5.41, 5.74) is 13.9. The average Bonchev–Trinajstić information content (AvgIpc) is 3.43. The first kappa shape index (κ1) is 36.9. The van der Waals surface area contributed by atoms with Crippen LogP contribution in [-0.4, -0.2) is 86.9 Å². The number of para-hydroxylation sites is 1. The number of fused-ring (bicyclic) bond motifs is 1. The van der Waals surface area contributed by atoms with Gasteiger partial charge in [-0.3, -0.25) is 28.8 Å². The van der Waals surface area contributed by atoms with E-state index in [0.29, 0.717) is 16.3 Å².